The van der Waals surface area contributed by atoms with Gasteiger partial charge in [0.25, 0.3) is 0 Å². The van der Waals surface area contributed by atoms with Crippen LogP contribution in [-0.2, 0) is 4.43 Å². The van der Waals surface area contributed by atoms with Gasteiger partial charge in [-0.15, -0.1) is 0 Å². The summed E-state index contributed by atoms with van der Waals surface area (Å²) in [7, 11) is -1.71. The lowest BCUT2D eigenvalue weighted by Crippen LogP contribution is -2.55. The van der Waals surface area contributed by atoms with Gasteiger partial charge in [0.2, 0.25) is 9.04 Å². The highest BCUT2D eigenvalue weighted by Gasteiger charge is 2.40. The Morgan fingerprint density at radius 1 is 1.00 bits per heavy atom. The lowest BCUT2D eigenvalue weighted by Gasteiger charge is -2.43. The number of aliphatic imine (C=N–C) groups is 1. The van der Waals surface area contributed by atoms with E-state index in [2.05, 4.69) is 70.8 Å². The second-order valence-corrected chi connectivity index (χ2v) is 8.28. The molecular weight excluding hydrogens is 306 g/mol. The van der Waals surface area contributed by atoms with Crippen molar-refractivity contribution in [1.82, 2.24) is 0 Å². The molecule has 1 saturated carbocycles. The molecule has 0 aliphatic heterocycles. The Morgan fingerprint density at radius 2 is 1.55 bits per heavy atom. The van der Waals surface area contributed by atoms with Gasteiger partial charge >= 0.3 is 0 Å². The van der Waals surface area contributed by atoms with E-state index in [0.29, 0.717) is 6.54 Å². The van der Waals surface area contributed by atoms with E-state index in [0.717, 1.165) is 12.8 Å². The summed E-state index contributed by atoms with van der Waals surface area (Å²) in [6.07, 6.45) is 3.34. The van der Waals surface area contributed by atoms with E-state index in [4.69, 9.17) is 16.6 Å². The second-order valence-electron chi connectivity index (χ2n) is 5.76. The topological polar surface area (TPSA) is 21.6 Å². The number of thiocarbonyl (C=S) groups is 1. The Kier molecular flexibility index (Phi) is 4.96. The largest absolute Gasteiger partial charge is 0.404 e. The number of benzene rings is 2. The van der Waals surface area contributed by atoms with Crippen molar-refractivity contribution < 1.29 is 4.43 Å². The van der Waals surface area contributed by atoms with E-state index < -0.39 is 9.04 Å². The molecule has 0 bridgehead atoms. The summed E-state index contributed by atoms with van der Waals surface area (Å²) in [5, 5.41) is 5.11. The fourth-order valence-corrected chi connectivity index (χ4v) is 5.57. The molecule has 4 heteroatoms. The minimum Gasteiger partial charge on any atom is -0.404 e. The van der Waals surface area contributed by atoms with Crippen LogP contribution in [0.15, 0.2) is 65.7 Å². The molecule has 1 aliphatic rings. The molecule has 112 valence electrons. The van der Waals surface area contributed by atoms with E-state index in [1.54, 1.807) is 0 Å². The highest BCUT2D eigenvalue weighted by molar-refractivity contribution is 7.78. The zero-order chi connectivity index (χ0) is 15.3. The van der Waals surface area contributed by atoms with Crippen LogP contribution in [0.4, 0.5) is 0 Å². The van der Waals surface area contributed by atoms with E-state index >= 15 is 0 Å². The van der Waals surface area contributed by atoms with Crippen LogP contribution in [-0.4, -0.2) is 26.3 Å². The molecule has 0 amide bonds. The fraction of sp³-hybridized carbons (Fsp3) is 0.278. The molecule has 0 aromatic heterocycles. The first kappa shape index (κ1) is 15.3. The van der Waals surface area contributed by atoms with Gasteiger partial charge in [0, 0.05) is 0 Å². The van der Waals surface area contributed by atoms with Crippen molar-refractivity contribution in [3.05, 3.63) is 60.7 Å². The fourth-order valence-electron chi connectivity index (χ4n) is 2.89. The van der Waals surface area contributed by atoms with Gasteiger partial charge < -0.3 is 4.43 Å². The average molecular weight is 326 g/mol. The molecule has 0 saturated heterocycles. The Hall–Kier alpha value is -1.58. The van der Waals surface area contributed by atoms with Gasteiger partial charge in [0.15, 0.2) is 0 Å². The van der Waals surface area contributed by atoms with Gasteiger partial charge in [0.1, 0.15) is 0 Å². The molecule has 0 spiro atoms. The molecule has 0 N–H and O–H groups in total. The highest BCUT2D eigenvalue weighted by Crippen LogP contribution is 2.36. The van der Waals surface area contributed by atoms with E-state index in [-0.39, 0.29) is 5.60 Å². The minimum atomic E-state index is -1.71. The molecule has 0 unspecified atom stereocenters. The Labute approximate surface area is 138 Å². The van der Waals surface area contributed by atoms with Crippen LogP contribution in [0, 0.1) is 0 Å². The minimum absolute atomic E-state index is 0.131. The van der Waals surface area contributed by atoms with Gasteiger partial charge in [0.05, 0.1) is 17.3 Å². The Balaban J connectivity index is 1.91. The third-order valence-electron chi connectivity index (χ3n) is 4.27. The van der Waals surface area contributed by atoms with Gasteiger partial charge in [-0.1, -0.05) is 60.7 Å². The van der Waals surface area contributed by atoms with Crippen LogP contribution in [0.1, 0.15) is 19.3 Å². The summed E-state index contributed by atoms with van der Waals surface area (Å²) in [5.41, 5.74) is -0.131. The molecule has 0 atom stereocenters. The van der Waals surface area contributed by atoms with Gasteiger partial charge in [-0.3, -0.25) is 0 Å². The van der Waals surface area contributed by atoms with Crippen molar-refractivity contribution in [3.8, 4) is 0 Å². The summed E-state index contributed by atoms with van der Waals surface area (Å²) < 4.78 is 6.71. The second kappa shape index (κ2) is 7.12. The third-order valence-corrected chi connectivity index (χ3v) is 7.11. The summed E-state index contributed by atoms with van der Waals surface area (Å²) in [6.45, 7) is 0.639. The van der Waals surface area contributed by atoms with Crippen LogP contribution in [0.5, 0.6) is 0 Å². The normalized spacial score (nSPS) is 15.9. The van der Waals surface area contributed by atoms with Crippen LogP contribution in [0.3, 0.4) is 0 Å². The Morgan fingerprint density at radius 3 is 1.95 bits per heavy atom. The Bertz CT molecular complexity index is 612. The maximum atomic E-state index is 6.71. The van der Waals surface area contributed by atoms with Crippen molar-refractivity contribution >= 4 is 36.8 Å². The monoisotopic (exact) mass is 325 g/mol. The first-order valence-corrected chi connectivity index (χ1v) is 9.68. The van der Waals surface area contributed by atoms with E-state index in [1.165, 1.54) is 16.8 Å². The lowest BCUT2D eigenvalue weighted by atomic mass is 9.80. The van der Waals surface area contributed by atoms with Crippen molar-refractivity contribution in [1.29, 1.82) is 0 Å². The van der Waals surface area contributed by atoms with Crippen molar-refractivity contribution in [2.45, 2.75) is 24.9 Å². The SMILES string of the molecule is S=C=NCC1(O[SiH](c2ccccc2)c2ccccc2)CCC1. The molecule has 1 aliphatic carbocycles. The molecule has 0 radical (unpaired) electrons. The average Bonchev–Trinajstić information content (AvgIpc) is 2.55. The van der Waals surface area contributed by atoms with Crippen molar-refractivity contribution in [3.63, 3.8) is 0 Å². The molecule has 0 heterocycles. The summed E-state index contributed by atoms with van der Waals surface area (Å²) in [6, 6.07) is 21.2. The molecule has 2 nitrogen and oxygen atoms in total. The number of isothiocyanates is 1. The zero-order valence-electron chi connectivity index (χ0n) is 12.4. The summed E-state index contributed by atoms with van der Waals surface area (Å²) >= 11 is 4.73. The maximum Gasteiger partial charge on any atom is 0.240 e. The number of rotatable bonds is 6. The number of hydrogen-bond donors (Lipinski definition) is 0. The molecule has 22 heavy (non-hydrogen) atoms. The third kappa shape index (κ3) is 3.42. The molecule has 2 aromatic carbocycles. The molecule has 2 aromatic rings. The van der Waals surface area contributed by atoms with Gasteiger partial charge in [-0.05, 0) is 41.9 Å². The van der Waals surface area contributed by atoms with Gasteiger partial charge in [-0.2, -0.15) is 0 Å². The van der Waals surface area contributed by atoms with E-state index in [9.17, 15) is 0 Å². The van der Waals surface area contributed by atoms with Crippen molar-refractivity contribution in [2.75, 3.05) is 6.54 Å². The van der Waals surface area contributed by atoms with Crippen LogP contribution in [0.25, 0.3) is 0 Å². The van der Waals surface area contributed by atoms with Gasteiger partial charge in [-0.25, -0.2) is 4.99 Å². The predicted octanol–water partition coefficient (Wildman–Crippen LogP) is 2.57. The smallest absolute Gasteiger partial charge is 0.240 e. The number of hydrogen-bond acceptors (Lipinski definition) is 3. The van der Waals surface area contributed by atoms with Crippen LogP contribution >= 0.6 is 12.2 Å². The summed E-state index contributed by atoms with van der Waals surface area (Å²) in [5.74, 6) is 0. The first-order chi connectivity index (χ1) is 10.8. The van der Waals surface area contributed by atoms with E-state index in [1.807, 2.05) is 0 Å². The first-order valence-electron chi connectivity index (χ1n) is 7.64. The lowest BCUT2D eigenvalue weighted by molar-refractivity contribution is 0.00330. The van der Waals surface area contributed by atoms with Crippen LogP contribution in [0.2, 0.25) is 0 Å². The van der Waals surface area contributed by atoms with Crippen LogP contribution < -0.4 is 10.4 Å². The maximum absolute atomic E-state index is 6.71. The standard InChI is InChI=1S/C18H19NOSSi/c21-15-19-14-18(12-7-13-18)20-22(16-8-3-1-4-9-16)17-10-5-2-6-11-17/h1-6,8-11,22H,7,12-14H2. The molecular formula is C18H19NOSSi. The molecule has 3 rings (SSSR count). The zero-order valence-corrected chi connectivity index (χ0v) is 14.4. The van der Waals surface area contributed by atoms with Crippen molar-refractivity contribution in [2.24, 2.45) is 4.99 Å². The number of nitrogens with zero attached hydrogens (tertiary/aromatic N) is 1. The summed E-state index contributed by atoms with van der Waals surface area (Å²) in [4.78, 5) is 4.17. The highest BCUT2D eigenvalue weighted by atomic mass is 32.1. The molecule has 1 fully saturated rings. The predicted molar refractivity (Wildman–Crippen MR) is 96.9 cm³/mol. The quantitative estimate of drug-likeness (QED) is 0.462.